The van der Waals surface area contributed by atoms with Crippen LogP contribution < -0.4 is 0 Å². The topological polar surface area (TPSA) is 89.6 Å². The van der Waals surface area contributed by atoms with Gasteiger partial charge in [-0.2, -0.15) is 0 Å². The lowest BCUT2D eigenvalue weighted by Gasteiger charge is -2.35. The Morgan fingerprint density at radius 1 is 0.857 bits per heavy atom. The van der Waals surface area contributed by atoms with Crippen molar-refractivity contribution < 1.29 is 14.4 Å². The van der Waals surface area contributed by atoms with Gasteiger partial charge in [-0.3, -0.25) is 14.4 Å². The first-order valence-corrected chi connectivity index (χ1v) is 9.91. The van der Waals surface area contributed by atoms with E-state index in [-0.39, 0.29) is 5.91 Å². The molecular formula is C20H25N5O3. The number of imidazole rings is 1. The highest BCUT2D eigenvalue weighted by atomic mass is 16.2. The van der Waals surface area contributed by atoms with E-state index in [1.54, 1.807) is 14.7 Å². The maximum absolute atomic E-state index is 12.5. The van der Waals surface area contributed by atoms with Crippen molar-refractivity contribution in [1.82, 2.24) is 24.7 Å². The fourth-order valence-electron chi connectivity index (χ4n) is 3.86. The van der Waals surface area contributed by atoms with Crippen molar-refractivity contribution in [3.63, 3.8) is 0 Å². The summed E-state index contributed by atoms with van der Waals surface area (Å²) in [6.07, 6.45) is 2.86. The van der Waals surface area contributed by atoms with Gasteiger partial charge in [-0.05, 0) is 25.0 Å². The molecule has 4 rings (SSSR count). The number of H-pyrrole nitrogens is 1. The first-order chi connectivity index (χ1) is 13.6. The highest BCUT2D eigenvalue weighted by Gasteiger charge is 2.31. The summed E-state index contributed by atoms with van der Waals surface area (Å²) in [5.74, 6) is 0.0245. The third-order valence-electron chi connectivity index (χ3n) is 5.51. The van der Waals surface area contributed by atoms with Crippen LogP contribution in [0.2, 0.25) is 0 Å². The van der Waals surface area contributed by atoms with Gasteiger partial charge in [0, 0.05) is 52.1 Å². The zero-order valence-corrected chi connectivity index (χ0v) is 15.9. The second-order valence-corrected chi connectivity index (χ2v) is 7.37. The summed E-state index contributed by atoms with van der Waals surface area (Å²) in [5.41, 5.74) is 1.87. The van der Waals surface area contributed by atoms with E-state index in [1.807, 2.05) is 24.3 Å². The highest BCUT2D eigenvalue weighted by molar-refractivity contribution is 6.35. The number of amides is 3. The second kappa shape index (κ2) is 8.00. The van der Waals surface area contributed by atoms with E-state index >= 15 is 0 Å². The van der Waals surface area contributed by atoms with Crippen LogP contribution in [-0.2, 0) is 20.8 Å². The number of nitrogens with zero attached hydrogens (tertiary/aromatic N) is 4. The smallest absolute Gasteiger partial charge is 0.312 e. The van der Waals surface area contributed by atoms with Crippen LogP contribution in [0.4, 0.5) is 0 Å². The molecule has 1 aromatic carbocycles. The van der Waals surface area contributed by atoms with E-state index in [0.29, 0.717) is 52.1 Å². The average Bonchev–Trinajstić information content (AvgIpc) is 3.40. The van der Waals surface area contributed by atoms with Gasteiger partial charge in [0.25, 0.3) is 0 Å². The molecule has 28 heavy (non-hydrogen) atoms. The molecule has 2 fully saturated rings. The number of carbonyl (C=O) groups excluding carboxylic acids is 3. The number of aromatic nitrogens is 2. The number of hydrogen-bond acceptors (Lipinski definition) is 4. The summed E-state index contributed by atoms with van der Waals surface area (Å²) in [4.78, 5) is 49.8. The fourth-order valence-corrected chi connectivity index (χ4v) is 3.86. The summed E-state index contributed by atoms with van der Waals surface area (Å²) in [7, 11) is 0. The van der Waals surface area contributed by atoms with E-state index in [4.69, 9.17) is 0 Å². The average molecular weight is 383 g/mol. The third kappa shape index (κ3) is 3.85. The molecule has 2 aliphatic rings. The van der Waals surface area contributed by atoms with Gasteiger partial charge in [0.05, 0.1) is 11.0 Å². The van der Waals surface area contributed by atoms with Gasteiger partial charge in [-0.25, -0.2) is 4.98 Å². The Bertz CT molecular complexity index is 846. The molecular weight excluding hydrogens is 358 g/mol. The molecule has 8 nitrogen and oxygen atoms in total. The molecule has 0 atom stereocenters. The zero-order chi connectivity index (χ0) is 19.5. The van der Waals surface area contributed by atoms with Crippen molar-refractivity contribution in [2.45, 2.75) is 25.7 Å². The number of piperazine rings is 1. The van der Waals surface area contributed by atoms with Gasteiger partial charge in [0.2, 0.25) is 5.91 Å². The molecule has 0 spiro atoms. The number of aryl methyl sites for hydroxylation is 1. The Kier molecular flexibility index (Phi) is 5.27. The first kappa shape index (κ1) is 18.5. The van der Waals surface area contributed by atoms with Crippen molar-refractivity contribution in [3.8, 4) is 0 Å². The lowest BCUT2D eigenvalue weighted by atomic mass is 10.2. The van der Waals surface area contributed by atoms with Crippen LogP contribution in [-0.4, -0.2) is 81.7 Å². The van der Waals surface area contributed by atoms with Gasteiger partial charge >= 0.3 is 11.8 Å². The van der Waals surface area contributed by atoms with Crippen LogP contribution in [0.25, 0.3) is 11.0 Å². The lowest BCUT2D eigenvalue weighted by molar-refractivity contribution is -0.153. The summed E-state index contributed by atoms with van der Waals surface area (Å²) < 4.78 is 0. The van der Waals surface area contributed by atoms with E-state index in [2.05, 4.69) is 9.97 Å². The monoisotopic (exact) mass is 383 g/mol. The molecule has 8 heteroatoms. The molecule has 1 N–H and O–H groups in total. The molecule has 0 unspecified atom stereocenters. The van der Waals surface area contributed by atoms with Crippen LogP contribution in [0, 0.1) is 0 Å². The van der Waals surface area contributed by atoms with Gasteiger partial charge in [0.15, 0.2) is 0 Å². The minimum atomic E-state index is -0.434. The van der Waals surface area contributed by atoms with Crippen molar-refractivity contribution >= 4 is 28.8 Å². The molecule has 0 radical (unpaired) electrons. The SMILES string of the molecule is O=C(CCc1nc2ccccc2[nH]1)N1CCN(C(=O)C(=O)N2CCCC2)CC1. The molecule has 2 aromatic rings. The first-order valence-electron chi connectivity index (χ1n) is 9.91. The van der Waals surface area contributed by atoms with E-state index in [0.717, 1.165) is 29.7 Å². The number of fused-ring (bicyclic) bond motifs is 1. The van der Waals surface area contributed by atoms with Gasteiger partial charge in [-0.15, -0.1) is 0 Å². The molecule has 3 heterocycles. The van der Waals surface area contributed by atoms with E-state index in [1.165, 1.54) is 0 Å². The number of rotatable bonds is 3. The maximum atomic E-state index is 12.5. The molecule has 3 amide bonds. The van der Waals surface area contributed by atoms with Crippen molar-refractivity contribution in [2.75, 3.05) is 39.3 Å². The Hall–Kier alpha value is -2.90. The van der Waals surface area contributed by atoms with Gasteiger partial charge in [0.1, 0.15) is 5.82 Å². The molecule has 2 saturated heterocycles. The Morgan fingerprint density at radius 2 is 1.46 bits per heavy atom. The molecule has 0 aliphatic carbocycles. The zero-order valence-electron chi connectivity index (χ0n) is 15.9. The normalized spacial score (nSPS) is 17.4. The van der Waals surface area contributed by atoms with Crippen molar-refractivity contribution in [2.24, 2.45) is 0 Å². The number of para-hydroxylation sites is 2. The minimum absolute atomic E-state index is 0.0541. The second-order valence-electron chi connectivity index (χ2n) is 7.37. The number of aromatic amines is 1. The number of carbonyl (C=O) groups is 3. The van der Waals surface area contributed by atoms with Crippen LogP contribution in [0.15, 0.2) is 24.3 Å². The van der Waals surface area contributed by atoms with Gasteiger partial charge < -0.3 is 19.7 Å². The third-order valence-corrected chi connectivity index (χ3v) is 5.51. The molecule has 2 aliphatic heterocycles. The molecule has 148 valence electrons. The Balaban J connectivity index is 1.25. The number of benzene rings is 1. The summed E-state index contributed by atoms with van der Waals surface area (Å²) in [5, 5.41) is 0. The van der Waals surface area contributed by atoms with Crippen molar-refractivity contribution in [1.29, 1.82) is 0 Å². The fraction of sp³-hybridized carbons (Fsp3) is 0.500. The highest BCUT2D eigenvalue weighted by Crippen LogP contribution is 2.13. The number of nitrogens with one attached hydrogen (secondary N) is 1. The quantitative estimate of drug-likeness (QED) is 0.794. The van der Waals surface area contributed by atoms with E-state index in [9.17, 15) is 14.4 Å². The minimum Gasteiger partial charge on any atom is -0.342 e. The number of likely N-dealkylation sites (tertiary alicyclic amines) is 1. The summed E-state index contributed by atoms with van der Waals surface area (Å²) in [6.45, 7) is 3.11. The molecule has 0 bridgehead atoms. The Morgan fingerprint density at radius 3 is 2.14 bits per heavy atom. The van der Waals surface area contributed by atoms with Crippen LogP contribution >= 0.6 is 0 Å². The lowest BCUT2D eigenvalue weighted by Crippen LogP contribution is -2.54. The maximum Gasteiger partial charge on any atom is 0.312 e. The number of hydrogen-bond donors (Lipinski definition) is 1. The molecule has 0 saturated carbocycles. The predicted octanol–water partition coefficient (Wildman–Crippen LogP) is 0.789. The summed E-state index contributed by atoms with van der Waals surface area (Å²) >= 11 is 0. The van der Waals surface area contributed by atoms with Crippen molar-refractivity contribution in [3.05, 3.63) is 30.1 Å². The van der Waals surface area contributed by atoms with Crippen LogP contribution in [0.5, 0.6) is 0 Å². The summed E-state index contributed by atoms with van der Waals surface area (Å²) in [6, 6.07) is 7.79. The standard InChI is InChI=1S/C20H25N5O3/c26-18(8-7-17-21-15-5-1-2-6-16(15)22-17)23-11-13-25(14-12-23)20(28)19(27)24-9-3-4-10-24/h1-2,5-6H,3-4,7-14H2,(H,21,22). The predicted molar refractivity (Wildman–Crippen MR) is 103 cm³/mol. The van der Waals surface area contributed by atoms with E-state index < -0.39 is 11.8 Å². The largest absolute Gasteiger partial charge is 0.342 e. The Labute approximate surface area is 163 Å². The van der Waals surface area contributed by atoms with Gasteiger partial charge in [-0.1, -0.05) is 12.1 Å². The van der Waals surface area contributed by atoms with Crippen LogP contribution in [0.1, 0.15) is 25.1 Å². The van der Waals surface area contributed by atoms with Crippen LogP contribution in [0.3, 0.4) is 0 Å². The molecule has 1 aromatic heterocycles.